The zero-order valence-electron chi connectivity index (χ0n) is 19.0. The van der Waals surface area contributed by atoms with Gasteiger partial charge in [-0.25, -0.2) is 4.31 Å². The van der Waals surface area contributed by atoms with Crippen molar-refractivity contribution in [3.8, 4) is 5.75 Å². The van der Waals surface area contributed by atoms with E-state index < -0.39 is 33.4 Å². The van der Waals surface area contributed by atoms with Crippen LogP contribution in [-0.2, 0) is 16.0 Å². The molecule has 1 heterocycles. The Labute approximate surface area is 195 Å². The number of carbonyl (C=O) groups excluding carboxylic acids is 1. The van der Waals surface area contributed by atoms with Gasteiger partial charge in [0.15, 0.2) is 0 Å². The number of carbonyl (C=O) groups is 2. The molecule has 2 aromatic rings. The zero-order valence-corrected chi connectivity index (χ0v) is 19.8. The first-order valence-corrected chi connectivity index (χ1v) is 12.2. The first kappa shape index (κ1) is 24.8. The minimum Gasteiger partial charge on any atom is -0.494 e. The third-order valence-electron chi connectivity index (χ3n) is 5.06. The van der Waals surface area contributed by atoms with Gasteiger partial charge in [0.25, 0.3) is 5.91 Å². The molecule has 0 bridgehead atoms. The van der Waals surface area contributed by atoms with E-state index in [9.17, 15) is 18.7 Å². The maximum Gasteiger partial charge on any atom is 0.307 e. The molecule has 1 aliphatic heterocycles. The molecule has 0 aliphatic carbocycles. The number of hydrogen-bond donors (Lipinski definition) is 3. The van der Waals surface area contributed by atoms with E-state index in [2.05, 4.69) is 4.99 Å². The van der Waals surface area contributed by atoms with Crippen molar-refractivity contribution in [3.05, 3.63) is 65.7 Å². The Morgan fingerprint density at radius 2 is 1.82 bits per heavy atom. The van der Waals surface area contributed by atoms with E-state index in [1.807, 2.05) is 6.07 Å². The van der Waals surface area contributed by atoms with Gasteiger partial charge in [0.05, 0.1) is 18.6 Å². The lowest BCUT2D eigenvalue weighted by Crippen LogP contribution is -2.43. The minimum absolute atomic E-state index is 0.0789. The van der Waals surface area contributed by atoms with Crippen molar-refractivity contribution in [1.29, 1.82) is 0 Å². The molecule has 9 heteroatoms. The molecule has 8 nitrogen and oxygen atoms in total. The van der Waals surface area contributed by atoms with Crippen LogP contribution in [0.15, 0.2) is 59.6 Å². The number of amides is 1. The van der Waals surface area contributed by atoms with Crippen LogP contribution < -0.4 is 4.74 Å². The highest BCUT2D eigenvalue weighted by atomic mass is 32.3. The number of nitrogens with zero attached hydrogens (tertiary/aromatic N) is 2. The minimum atomic E-state index is -3.46. The normalized spacial score (nSPS) is 20.2. The van der Waals surface area contributed by atoms with Gasteiger partial charge in [-0.15, -0.1) is 10.8 Å². The van der Waals surface area contributed by atoms with Crippen LogP contribution in [0.1, 0.15) is 43.6 Å². The maximum absolute atomic E-state index is 13.2. The molecule has 2 aromatic carbocycles. The summed E-state index contributed by atoms with van der Waals surface area (Å²) in [7, 11) is -3.46. The molecule has 1 fully saturated rings. The van der Waals surface area contributed by atoms with Crippen LogP contribution in [0.25, 0.3) is 0 Å². The highest BCUT2D eigenvalue weighted by Crippen LogP contribution is 2.64. The maximum atomic E-state index is 13.2. The Morgan fingerprint density at radius 3 is 2.45 bits per heavy atom. The van der Waals surface area contributed by atoms with Crippen LogP contribution in [0.4, 0.5) is 0 Å². The summed E-state index contributed by atoms with van der Waals surface area (Å²) in [5, 5.41) is 8.00. The van der Waals surface area contributed by atoms with Crippen molar-refractivity contribution in [1.82, 2.24) is 4.31 Å². The fourth-order valence-corrected chi connectivity index (χ4v) is 6.15. The summed E-state index contributed by atoms with van der Waals surface area (Å²) in [6, 6.07) is 15.8. The average Bonchev–Trinajstić information content (AvgIpc) is 2.92. The van der Waals surface area contributed by atoms with E-state index >= 15 is 0 Å². The van der Waals surface area contributed by atoms with Crippen LogP contribution in [0.5, 0.6) is 5.75 Å². The van der Waals surface area contributed by atoms with E-state index in [1.54, 1.807) is 69.3 Å². The van der Waals surface area contributed by atoms with Gasteiger partial charge in [-0.1, -0.05) is 42.5 Å². The Balaban J connectivity index is 1.73. The first-order chi connectivity index (χ1) is 15.5. The Hall–Kier alpha value is -2.88. The number of hydrogen-bond acceptors (Lipinski definition) is 6. The summed E-state index contributed by atoms with van der Waals surface area (Å²) in [6.07, 6.45) is 0.417. The highest BCUT2D eigenvalue weighted by molar-refractivity contribution is 8.24. The number of rotatable bonds is 8. The lowest BCUT2D eigenvalue weighted by molar-refractivity contribution is -0.136. The van der Waals surface area contributed by atoms with Gasteiger partial charge in [0, 0.05) is 13.0 Å². The molecule has 1 saturated heterocycles. The molecule has 1 aliphatic rings. The van der Waals surface area contributed by atoms with Gasteiger partial charge < -0.3 is 9.84 Å². The molecule has 3 N–H and O–H groups in total. The van der Waals surface area contributed by atoms with E-state index in [0.717, 1.165) is 4.31 Å². The van der Waals surface area contributed by atoms with E-state index in [0.29, 0.717) is 29.9 Å². The molecule has 1 unspecified atom stereocenters. The molecule has 1 amide bonds. The quantitative estimate of drug-likeness (QED) is 0.482. The Bertz CT molecular complexity index is 1030. The SMILES string of the molecule is CC(C)(C)N1C(=O)C(=NCCCOc2cccc(CC(=O)O)c2)C(c2ccccc2)S1(O)O. The van der Waals surface area contributed by atoms with Gasteiger partial charge in [0.2, 0.25) is 0 Å². The number of carboxylic acid groups (broad SMARTS) is 1. The van der Waals surface area contributed by atoms with Crippen molar-refractivity contribution in [2.45, 2.75) is 44.4 Å². The summed E-state index contributed by atoms with van der Waals surface area (Å²) in [6.45, 7) is 5.87. The third kappa shape index (κ3) is 5.73. The average molecular weight is 475 g/mol. The monoisotopic (exact) mass is 474 g/mol. The fourth-order valence-electron chi connectivity index (χ4n) is 3.79. The van der Waals surface area contributed by atoms with Gasteiger partial charge >= 0.3 is 5.97 Å². The van der Waals surface area contributed by atoms with E-state index in [1.165, 1.54) is 0 Å². The van der Waals surface area contributed by atoms with Crippen LogP contribution in [-0.4, -0.2) is 54.8 Å². The van der Waals surface area contributed by atoms with Crippen molar-refractivity contribution in [3.63, 3.8) is 0 Å². The Morgan fingerprint density at radius 1 is 1.12 bits per heavy atom. The van der Waals surface area contributed by atoms with Gasteiger partial charge in [0.1, 0.15) is 16.7 Å². The Kier molecular flexibility index (Phi) is 7.46. The van der Waals surface area contributed by atoms with Crippen molar-refractivity contribution in [2.24, 2.45) is 4.99 Å². The second kappa shape index (κ2) is 9.94. The lowest BCUT2D eigenvalue weighted by Gasteiger charge is -2.46. The summed E-state index contributed by atoms with van der Waals surface area (Å²) >= 11 is 0. The molecule has 33 heavy (non-hydrogen) atoms. The zero-order chi connectivity index (χ0) is 24.2. The van der Waals surface area contributed by atoms with Crippen LogP contribution in [0.3, 0.4) is 0 Å². The molecule has 0 spiro atoms. The van der Waals surface area contributed by atoms with Crippen molar-refractivity contribution < 1.29 is 28.5 Å². The summed E-state index contributed by atoms with van der Waals surface area (Å²) < 4.78 is 29.0. The van der Waals surface area contributed by atoms with E-state index in [-0.39, 0.29) is 18.7 Å². The standard InChI is InChI=1S/C24H30N2O6S/c1-24(2,3)26-23(29)21(22(33(26,30)31)18-10-5-4-6-11-18)25-13-8-14-32-19-12-7-9-17(15-19)16-20(27)28/h4-7,9-12,15,22,30-31H,8,13-14,16H2,1-3H3,(H,27,28). The lowest BCUT2D eigenvalue weighted by atomic mass is 10.1. The molecule has 1 atom stereocenters. The molecule has 178 valence electrons. The molecule has 0 saturated carbocycles. The topological polar surface area (TPSA) is 120 Å². The van der Waals surface area contributed by atoms with E-state index in [4.69, 9.17) is 9.84 Å². The van der Waals surface area contributed by atoms with Crippen LogP contribution in [0, 0.1) is 0 Å². The van der Waals surface area contributed by atoms with Crippen LogP contribution in [0.2, 0.25) is 0 Å². The highest BCUT2D eigenvalue weighted by Gasteiger charge is 2.54. The van der Waals surface area contributed by atoms with Gasteiger partial charge in [-0.3, -0.25) is 23.7 Å². The second-order valence-corrected chi connectivity index (χ2v) is 10.8. The molecule has 3 rings (SSSR count). The largest absolute Gasteiger partial charge is 0.494 e. The number of aliphatic imine (C=N–C) groups is 1. The molecular weight excluding hydrogens is 444 g/mol. The molecule has 0 aromatic heterocycles. The fraction of sp³-hybridized carbons (Fsp3) is 0.375. The molecular formula is C24H30N2O6S. The summed E-state index contributed by atoms with van der Waals surface area (Å²) in [5.41, 5.74) is 0.627. The smallest absolute Gasteiger partial charge is 0.307 e. The number of ether oxygens (including phenoxy) is 1. The van der Waals surface area contributed by atoms with Crippen molar-refractivity contribution in [2.75, 3.05) is 13.2 Å². The number of aliphatic carboxylic acids is 1. The third-order valence-corrected chi connectivity index (χ3v) is 7.43. The predicted molar refractivity (Wildman–Crippen MR) is 129 cm³/mol. The number of carboxylic acids is 1. The predicted octanol–water partition coefficient (Wildman–Crippen LogP) is 4.57. The summed E-state index contributed by atoms with van der Waals surface area (Å²) in [4.78, 5) is 28.5. The van der Waals surface area contributed by atoms with Gasteiger partial charge in [-0.2, -0.15) is 0 Å². The van der Waals surface area contributed by atoms with Gasteiger partial charge in [-0.05, 0) is 44.0 Å². The van der Waals surface area contributed by atoms with Crippen LogP contribution >= 0.6 is 10.8 Å². The molecule has 0 radical (unpaired) electrons. The van der Waals surface area contributed by atoms with Crippen molar-refractivity contribution >= 4 is 28.4 Å². The summed E-state index contributed by atoms with van der Waals surface area (Å²) in [5.74, 6) is -0.820. The first-order valence-electron chi connectivity index (χ1n) is 10.7. The number of benzene rings is 2. The second-order valence-electron chi connectivity index (χ2n) is 8.81.